The predicted molar refractivity (Wildman–Crippen MR) is 76.8 cm³/mol. The second-order valence-corrected chi connectivity index (χ2v) is 6.41. The van der Waals surface area contributed by atoms with E-state index in [0.29, 0.717) is 6.54 Å². The molecule has 0 aliphatic carbocycles. The Kier molecular flexibility index (Phi) is 4.69. The number of hydrogen-bond donors (Lipinski definition) is 0. The van der Waals surface area contributed by atoms with Crippen LogP contribution >= 0.6 is 11.6 Å². The molecule has 20 heavy (non-hydrogen) atoms. The first-order chi connectivity index (χ1) is 9.55. The van der Waals surface area contributed by atoms with Gasteiger partial charge < -0.3 is 0 Å². The lowest BCUT2D eigenvalue weighted by atomic mass is 10.3. The van der Waals surface area contributed by atoms with E-state index in [2.05, 4.69) is 9.97 Å². The van der Waals surface area contributed by atoms with Gasteiger partial charge in [0.15, 0.2) is 0 Å². The van der Waals surface area contributed by atoms with Gasteiger partial charge in [0, 0.05) is 37.9 Å². The summed E-state index contributed by atoms with van der Waals surface area (Å²) in [7, 11) is -3.66. The molecule has 5 nitrogen and oxygen atoms in total. The van der Waals surface area contributed by atoms with Crippen LogP contribution in [-0.2, 0) is 16.6 Å². The van der Waals surface area contributed by atoms with Crippen LogP contribution in [0.2, 0.25) is 5.02 Å². The van der Waals surface area contributed by atoms with E-state index in [4.69, 9.17) is 11.6 Å². The third-order valence-electron chi connectivity index (χ3n) is 2.81. The molecule has 0 saturated carbocycles. The van der Waals surface area contributed by atoms with E-state index in [0.717, 1.165) is 5.56 Å². The summed E-state index contributed by atoms with van der Waals surface area (Å²) < 4.78 is 26.5. The molecule has 0 aliphatic heterocycles. The minimum atomic E-state index is -3.66. The molecule has 0 bridgehead atoms. The summed E-state index contributed by atoms with van der Waals surface area (Å²) in [6, 6.07) is 5.03. The average Bonchev–Trinajstić information content (AvgIpc) is 2.46. The maximum absolute atomic E-state index is 12.6. The molecule has 2 heterocycles. The van der Waals surface area contributed by atoms with Crippen LogP contribution in [0.1, 0.15) is 12.5 Å². The van der Waals surface area contributed by atoms with Crippen LogP contribution < -0.4 is 0 Å². The van der Waals surface area contributed by atoms with Crippen LogP contribution in [0.3, 0.4) is 0 Å². The van der Waals surface area contributed by atoms with Crippen molar-refractivity contribution in [2.45, 2.75) is 18.4 Å². The highest BCUT2D eigenvalue weighted by Crippen LogP contribution is 2.24. The van der Waals surface area contributed by atoms with E-state index in [1.54, 1.807) is 31.5 Å². The lowest BCUT2D eigenvalue weighted by Crippen LogP contribution is -2.30. The Labute approximate surface area is 123 Å². The Morgan fingerprint density at radius 2 is 1.80 bits per heavy atom. The van der Waals surface area contributed by atoms with E-state index < -0.39 is 10.0 Å². The highest BCUT2D eigenvalue weighted by molar-refractivity contribution is 7.89. The number of halogens is 1. The predicted octanol–water partition coefficient (Wildman–Crippen LogP) is 2.34. The van der Waals surface area contributed by atoms with Gasteiger partial charge in [-0.1, -0.05) is 18.5 Å². The number of sulfonamides is 1. The van der Waals surface area contributed by atoms with Crippen molar-refractivity contribution in [2.75, 3.05) is 6.54 Å². The SMILES string of the molecule is CCN(Cc1ccncc1)S(=O)(=O)c1cnccc1Cl. The molecule has 0 unspecified atom stereocenters. The highest BCUT2D eigenvalue weighted by atomic mass is 35.5. The van der Waals surface area contributed by atoms with Crippen molar-refractivity contribution in [3.05, 3.63) is 53.6 Å². The van der Waals surface area contributed by atoms with Gasteiger partial charge in [-0.2, -0.15) is 4.31 Å². The fourth-order valence-corrected chi connectivity index (χ4v) is 3.59. The van der Waals surface area contributed by atoms with Crippen molar-refractivity contribution in [3.8, 4) is 0 Å². The molecule has 0 aromatic carbocycles. The van der Waals surface area contributed by atoms with Gasteiger partial charge in [-0.05, 0) is 23.8 Å². The minimum absolute atomic E-state index is 0.0255. The standard InChI is InChI=1S/C13H14ClN3O2S/c1-2-17(10-11-3-6-15-7-4-11)20(18,19)13-9-16-8-5-12(13)14/h3-9H,2,10H2,1H3. The molecule has 0 aliphatic rings. The molecule has 0 saturated heterocycles. The summed E-state index contributed by atoms with van der Waals surface area (Å²) in [4.78, 5) is 7.77. The lowest BCUT2D eigenvalue weighted by Gasteiger charge is -2.20. The molecular weight excluding hydrogens is 298 g/mol. The topological polar surface area (TPSA) is 63.2 Å². The third kappa shape index (κ3) is 3.15. The molecule has 7 heteroatoms. The van der Waals surface area contributed by atoms with Gasteiger partial charge in [0.1, 0.15) is 4.90 Å². The molecule has 0 fully saturated rings. The quantitative estimate of drug-likeness (QED) is 0.850. The van der Waals surface area contributed by atoms with Crippen LogP contribution in [0.4, 0.5) is 0 Å². The Balaban J connectivity index is 2.34. The summed E-state index contributed by atoms with van der Waals surface area (Å²) in [5.41, 5.74) is 0.866. The van der Waals surface area contributed by atoms with Crippen molar-refractivity contribution in [2.24, 2.45) is 0 Å². The van der Waals surface area contributed by atoms with Gasteiger partial charge in [0.2, 0.25) is 10.0 Å². The number of hydrogen-bond acceptors (Lipinski definition) is 4. The van der Waals surface area contributed by atoms with Crippen LogP contribution in [0.5, 0.6) is 0 Å². The van der Waals surface area contributed by atoms with Crippen molar-refractivity contribution in [1.29, 1.82) is 0 Å². The molecule has 0 atom stereocenters. The van der Waals surface area contributed by atoms with Gasteiger partial charge in [-0.15, -0.1) is 0 Å². The van der Waals surface area contributed by atoms with Crippen LogP contribution in [0.25, 0.3) is 0 Å². The summed E-state index contributed by atoms with van der Waals surface area (Å²) in [6.45, 7) is 2.39. The summed E-state index contributed by atoms with van der Waals surface area (Å²) in [5.74, 6) is 0. The molecule has 0 N–H and O–H groups in total. The summed E-state index contributed by atoms with van der Waals surface area (Å²) >= 11 is 5.96. The summed E-state index contributed by atoms with van der Waals surface area (Å²) in [5, 5.41) is 0.174. The Morgan fingerprint density at radius 3 is 2.40 bits per heavy atom. The monoisotopic (exact) mass is 311 g/mol. The fourth-order valence-electron chi connectivity index (χ4n) is 1.75. The van der Waals surface area contributed by atoms with Gasteiger partial charge in [0.25, 0.3) is 0 Å². The first-order valence-corrected chi connectivity index (χ1v) is 7.86. The molecule has 2 rings (SSSR count). The van der Waals surface area contributed by atoms with Crippen LogP contribution in [0.15, 0.2) is 47.9 Å². The van der Waals surface area contributed by atoms with Crippen LogP contribution in [0, 0.1) is 0 Å². The van der Waals surface area contributed by atoms with Crippen molar-refractivity contribution < 1.29 is 8.42 Å². The minimum Gasteiger partial charge on any atom is -0.265 e. The third-order valence-corrected chi connectivity index (χ3v) is 5.20. The number of nitrogens with zero attached hydrogens (tertiary/aromatic N) is 3. The number of rotatable bonds is 5. The van der Waals surface area contributed by atoms with Crippen LogP contribution in [-0.4, -0.2) is 29.2 Å². The van der Waals surface area contributed by atoms with E-state index in [1.807, 2.05) is 0 Å². The van der Waals surface area contributed by atoms with Crippen molar-refractivity contribution in [1.82, 2.24) is 14.3 Å². The van der Waals surface area contributed by atoms with Gasteiger partial charge in [0.05, 0.1) is 5.02 Å². The normalized spacial score (nSPS) is 11.8. The highest BCUT2D eigenvalue weighted by Gasteiger charge is 2.25. The maximum atomic E-state index is 12.6. The fraction of sp³-hybridized carbons (Fsp3) is 0.231. The van der Waals surface area contributed by atoms with Gasteiger partial charge >= 0.3 is 0 Å². The summed E-state index contributed by atoms with van der Waals surface area (Å²) in [6.07, 6.45) is 5.99. The molecule has 106 valence electrons. The zero-order valence-electron chi connectivity index (χ0n) is 10.9. The Morgan fingerprint density at radius 1 is 1.15 bits per heavy atom. The molecular formula is C13H14ClN3O2S. The van der Waals surface area contributed by atoms with E-state index >= 15 is 0 Å². The van der Waals surface area contributed by atoms with E-state index in [-0.39, 0.29) is 16.5 Å². The average molecular weight is 312 g/mol. The molecule has 0 spiro atoms. The Bertz CT molecular complexity index is 677. The largest absolute Gasteiger partial charge is 0.265 e. The van der Waals surface area contributed by atoms with Crippen molar-refractivity contribution >= 4 is 21.6 Å². The van der Waals surface area contributed by atoms with E-state index in [9.17, 15) is 8.42 Å². The zero-order valence-corrected chi connectivity index (χ0v) is 12.5. The van der Waals surface area contributed by atoms with Gasteiger partial charge in [-0.3, -0.25) is 9.97 Å². The smallest absolute Gasteiger partial charge is 0.246 e. The molecule has 0 amide bonds. The molecule has 2 aromatic rings. The molecule has 2 aromatic heterocycles. The lowest BCUT2D eigenvalue weighted by molar-refractivity contribution is 0.423. The van der Waals surface area contributed by atoms with Crippen molar-refractivity contribution in [3.63, 3.8) is 0 Å². The number of pyridine rings is 2. The number of aromatic nitrogens is 2. The van der Waals surface area contributed by atoms with Gasteiger partial charge in [-0.25, -0.2) is 8.42 Å². The molecule has 0 radical (unpaired) electrons. The zero-order chi connectivity index (χ0) is 14.6. The first kappa shape index (κ1) is 14.9. The second kappa shape index (κ2) is 6.30. The maximum Gasteiger partial charge on any atom is 0.246 e. The Hall–Kier alpha value is -1.50. The first-order valence-electron chi connectivity index (χ1n) is 6.04. The second-order valence-electron chi connectivity index (χ2n) is 4.09. The van der Waals surface area contributed by atoms with E-state index in [1.165, 1.54) is 22.8 Å².